The zero-order chi connectivity index (χ0) is 11.3. The number of nitrogens with zero attached hydrogens (tertiary/aromatic N) is 1. The van der Waals surface area contributed by atoms with Crippen molar-refractivity contribution in [3.63, 3.8) is 0 Å². The molecule has 1 spiro atoms. The van der Waals surface area contributed by atoms with Crippen LogP contribution in [0.15, 0.2) is 0 Å². The van der Waals surface area contributed by atoms with Crippen LogP contribution in [-0.4, -0.2) is 24.8 Å². The molecular weight excluding hydrogens is 189 g/mol. The Labute approximate surface area is 93.0 Å². The van der Waals surface area contributed by atoms with Gasteiger partial charge < -0.3 is 0 Å². The Kier molecular flexibility index (Phi) is 2.61. The van der Waals surface area contributed by atoms with Crippen LogP contribution in [0.25, 0.3) is 0 Å². The second-order valence-corrected chi connectivity index (χ2v) is 6.75. The van der Waals surface area contributed by atoms with Crippen LogP contribution in [-0.2, 0) is 0 Å². The lowest BCUT2D eigenvalue weighted by molar-refractivity contribution is -0.160. The molecule has 0 amide bonds. The van der Waals surface area contributed by atoms with Crippen LogP contribution in [0.1, 0.15) is 46.5 Å². The number of halogens is 1. The molecule has 0 aromatic carbocycles. The molecule has 2 heteroatoms. The van der Waals surface area contributed by atoms with E-state index in [2.05, 4.69) is 20.8 Å². The molecule has 1 atom stereocenters. The van der Waals surface area contributed by atoms with E-state index < -0.39 is 6.30 Å². The minimum absolute atomic E-state index is 0.0382. The predicted octanol–water partition coefficient (Wildman–Crippen LogP) is 3.45. The summed E-state index contributed by atoms with van der Waals surface area (Å²) in [5.74, 6) is 0.793. The van der Waals surface area contributed by atoms with Crippen molar-refractivity contribution in [2.45, 2.75) is 52.8 Å². The van der Waals surface area contributed by atoms with Gasteiger partial charge in [0.2, 0.25) is 0 Å². The van der Waals surface area contributed by atoms with E-state index in [1.54, 1.807) is 0 Å². The average Bonchev–Trinajstić information content (AvgIpc) is 2.17. The van der Waals surface area contributed by atoms with Gasteiger partial charge in [0, 0.05) is 12.0 Å². The van der Waals surface area contributed by atoms with E-state index >= 15 is 0 Å². The molecule has 1 unspecified atom stereocenters. The third kappa shape index (κ3) is 1.82. The van der Waals surface area contributed by atoms with Crippen LogP contribution in [0.4, 0.5) is 4.39 Å². The van der Waals surface area contributed by atoms with Crippen molar-refractivity contribution < 1.29 is 4.39 Å². The Morgan fingerprint density at radius 1 is 1.20 bits per heavy atom. The summed E-state index contributed by atoms with van der Waals surface area (Å²) >= 11 is 0. The number of hydrogen-bond acceptors (Lipinski definition) is 1. The first kappa shape index (κ1) is 11.4. The van der Waals surface area contributed by atoms with E-state index in [1.165, 1.54) is 12.8 Å². The van der Waals surface area contributed by atoms with Gasteiger partial charge in [0.1, 0.15) is 0 Å². The van der Waals surface area contributed by atoms with Crippen molar-refractivity contribution in [2.75, 3.05) is 13.6 Å². The maximum absolute atomic E-state index is 13.8. The van der Waals surface area contributed by atoms with Crippen molar-refractivity contribution in [3.8, 4) is 0 Å². The van der Waals surface area contributed by atoms with E-state index in [0.717, 1.165) is 25.3 Å². The summed E-state index contributed by atoms with van der Waals surface area (Å²) in [6.07, 6.45) is 3.97. The first-order valence-electron chi connectivity index (χ1n) is 6.19. The molecule has 1 aliphatic heterocycles. The Morgan fingerprint density at radius 2 is 1.73 bits per heavy atom. The second-order valence-electron chi connectivity index (χ2n) is 6.75. The molecule has 0 bridgehead atoms. The summed E-state index contributed by atoms with van der Waals surface area (Å²) in [6.45, 7) is 7.92. The van der Waals surface area contributed by atoms with Crippen molar-refractivity contribution >= 4 is 0 Å². The maximum atomic E-state index is 13.8. The minimum Gasteiger partial charge on any atom is -0.276 e. The van der Waals surface area contributed by atoms with Gasteiger partial charge in [-0.25, -0.2) is 4.39 Å². The highest BCUT2D eigenvalue weighted by Crippen LogP contribution is 2.52. The summed E-state index contributed by atoms with van der Waals surface area (Å²) < 4.78 is 13.8. The average molecular weight is 213 g/mol. The highest BCUT2D eigenvalue weighted by molar-refractivity contribution is 5.01. The molecule has 1 nitrogen and oxygen atoms in total. The summed E-state index contributed by atoms with van der Waals surface area (Å²) in [5, 5.41) is 0. The van der Waals surface area contributed by atoms with E-state index in [9.17, 15) is 4.39 Å². The van der Waals surface area contributed by atoms with E-state index in [-0.39, 0.29) is 5.41 Å². The highest BCUT2D eigenvalue weighted by Gasteiger charge is 2.53. The SMILES string of the molecule is CN1CC2(CCC(C(C)(C)C)CC2)C1F. The van der Waals surface area contributed by atoms with Crippen LogP contribution in [0, 0.1) is 16.7 Å². The zero-order valence-electron chi connectivity index (χ0n) is 10.5. The van der Waals surface area contributed by atoms with Gasteiger partial charge in [-0.05, 0) is 44.1 Å². The minimum atomic E-state index is -0.668. The Hall–Kier alpha value is -0.110. The third-order valence-corrected chi connectivity index (χ3v) is 4.66. The van der Waals surface area contributed by atoms with Crippen LogP contribution < -0.4 is 0 Å². The molecule has 0 aromatic rings. The summed E-state index contributed by atoms with van der Waals surface area (Å²) in [5.41, 5.74) is 0.444. The number of rotatable bonds is 0. The second kappa shape index (κ2) is 3.44. The quantitative estimate of drug-likeness (QED) is 0.557. The lowest BCUT2D eigenvalue weighted by Gasteiger charge is -2.56. The van der Waals surface area contributed by atoms with Gasteiger partial charge in [0.15, 0.2) is 6.30 Å². The molecule has 2 fully saturated rings. The molecule has 15 heavy (non-hydrogen) atoms. The van der Waals surface area contributed by atoms with E-state index in [0.29, 0.717) is 5.41 Å². The molecule has 2 aliphatic rings. The van der Waals surface area contributed by atoms with Gasteiger partial charge in [-0.1, -0.05) is 20.8 Å². The van der Waals surface area contributed by atoms with Crippen molar-refractivity contribution in [1.29, 1.82) is 0 Å². The molecule has 1 aliphatic carbocycles. The smallest absolute Gasteiger partial charge is 0.160 e. The Morgan fingerprint density at radius 3 is 2.07 bits per heavy atom. The number of alkyl halides is 1. The first-order valence-corrected chi connectivity index (χ1v) is 6.19. The normalized spacial score (nSPS) is 43.0. The molecule has 0 radical (unpaired) electrons. The largest absolute Gasteiger partial charge is 0.276 e. The van der Waals surface area contributed by atoms with Crippen LogP contribution >= 0.6 is 0 Å². The summed E-state index contributed by atoms with van der Waals surface area (Å²) in [6, 6.07) is 0. The van der Waals surface area contributed by atoms with Crippen molar-refractivity contribution in [2.24, 2.45) is 16.7 Å². The molecule has 1 saturated heterocycles. The first-order chi connectivity index (χ1) is 6.85. The molecule has 0 aromatic heterocycles. The van der Waals surface area contributed by atoms with E-state index in [4.69, 9.17) is 0 Å². The third-order valence-electron chi connectivity index (χ3n) is 4.66. The summed E-state index contributed by atoms with van der Waals surface area (Å²) in [4.78, 5) is 1.84. The van der Waals surface area contributed by atoms with Gasteiger partial charge in [0.25, 0.3) is 0 Å². The highest BCUT2D eigenvalue weighted by atomic mass is 19.1. The maximum Gasteiger partial charge on any atom is 0.160 e. The van der Waals surface area contributed by atoms with Gasteiger partial charge >= 0.3 is 0 Å². The zero-order valence-corrected chi connectivity index (χ0v) is 10.5. The lowest BCUT2D eigenvalue weighted by atomic mass is 9.61. The summed E-state index contributed by atoms with van der Waals surface area (Å²) in [7, 11) is 1.89. The molecule has 2 rings (SSSR count). The van der Waals surface area contributed by atoms with Gasteiger partial charge in [-0.15, -0.1) is 0 Å². The monoisotopic (exact) mass is 213 g/mol. The molecule has 88 valence electrons. The molecule has 0 N–H and O–H groups in total. The van der Waals surface area contributed by atoms with Crippen molar-refractivity contribution in [1.82, 2.24) is 4.90 Å². The number of hydrogen-bond donors (Lipinski definition) is 0. The standard InChI is InChI=1S/C13H24FN/c1-12(2,3)10-5-7-13(8-6-10)9-15(4)11(13)14/h10-11H,5-9H2,1-4H3. The molecular formula is C13H24FN. The fraction of sp³-hybridized carbons (Fsp3) is 1.00. The predicted molar refractivity (Wildman–Crippen MR) is 61.4 cm³/mol. The fourth-order valence-electron chi connectivity index (χ4n) is 3.46. The van der Waals surface area contributed by atoms with Crippen LogP contribution in [0.3, 0.4) is 0 Å². The Balaban J connectivity index is 1.93. The fourth-order valence-corrected chi connectivity index (χ4v) is 3.46. The molecule has 1 heterocycles. The topological polar surface area (TPSA) is 3.24 Å². The van der Waals surface area contributed by atoms with Gasteiger partial charge in [0.05, 0.1) is 0 Å². The van der Waals surface area contributed by atoms with Gasteiger partial charge in [-0.2, -0.15) is 0 Å². The number of likely N-dealkylation sites (tertiary alicyclic amines) is 1. The van der Waals surface area contributed by atoms with Crippen molar-refractivity contribution in [3.05, 3.63) is 0 Å². The van der Waals surface area contributed by atoms with Crippen LogP contribution in [0.2, 0.25) is 0 Å². The van der Waals surface area contributed by atoms with Gasteiger partial charge in [-0.3, -0.25) is 4.90 Å². The lowest BCUT2D eigenvalue weighted by Crippen LogP contribution is -2.62. The molecule has 1 saturated carbocycles. The van der Waals surface area contributed by atoms with Crippen LogP contribution in [0.5, 0.6) is 0 Å². The van der Waals surface area contributed by atoms with E-state index in [1.807, 2.05) is 11.9 Å². The Bertz CT molecular complexity index is 235.